The van der Waals surface area contributed by atoms with Crippen LogP contribution in [0.3, 0.4) is 0 Å². The molecule has 5 aliphatic rings. The average Bonchev–Trinajstić information content (AvgIpc) is 3.43. The molecule has 5 aliphatic carbocycles. The second-order valence-corrected chi connectivity index (χ2v) is 8.84. The number of carbonyl (C=O) groups excluding carboxylic acids is 1. The Bertz CT molecular complexity index is 641. The van der Waals surface area contributed by atoms with Crippen molar-refractivity contribution in [2.24, 2.45) is 29.4 Å². The third kappa shape index (κ3) is 2.80. The zero-order valence-corrected chi connectivity index (χ0v) is 14.6. The van der Waals surface area contributed by atoms with Gasteiger partial charge in [-0.15, -0.1) is 5.10 Å². The number of hydrogen-bond donors (Lipinski definition) is 3. The predicted octanol–water partition coefficient (Wildman–Crippen LogP) is 2.63. The minimum Gasteiger partial charge on any atom is -0.336 e. The van der Waals surface area contributed by atoms with Gasteiger partial charge in [-0.3, -0.25) is 5.32 Å². The molecule has 4 N–H and O–H groups in total. The summed E-state index contributed by atoms with van der Waals surface area (Å²) in [7, 11) is 0. The van der Waals surface area contributed by atoms with Gasteiger partial charge in [-0.25, -0.2) is 4.79 Å². The zero-order chi connectivity index (χ0) is 17.0. The second kappa shape index (κ2) is 5.66. The molecule has 1 aromatic heterocycles. The van der Waals surface area contributed by atoms with E-state index in [1.165, 1.54) is 44.9 Å². The highest BCUT2D eigenvalue weighted by atomic mass is 16.2. The first kappa shape index (κ1) is 15.6. The van der Waals surface area contributed by atoms with Crippen LogP contribution in [0.15, 0.2) is 12.1 Å². The maximum absolute atomic E-state index is 12.3. The number of aromatic nitrogens is 2. The summed E-state index contributed by atoms with van der Waals surface area (Å²) in [6, 6.07) is 3.57. The fourth-order valence-corrected chi connectivity index (χ4v) is 5.75. The minimum atomic E-state index is -0.230. The lowest BCUT2D eigenvalue weighted by Crippen LogP contribution is -2.67. The van der Waals surface area contributed by atoms with Gasteiger partial charge in [-0.05, 0) is 80.8 Å². The van der Waals surface area contributed by atoms with Crippen LogP contribution in [0.5, 0.6) is 0 Å². The first-order valence-electron chi connectivity index (χ1n) is 9.77. The monoisotopic (exact) mass is 341 g/mol. The van der Waals surface area contributed by atoms with Crippen LogP contribution in [0.2, 0.25) is 0 Å². The first-order chi connectivity index (χ1) is 12.1. The van der Waals surface area contributed by atoms with Gasteiger partial charge in [0, 0.05) is 18.0 Å². The third-order valence-electron chi connectivity index (χ3n) is 7.14. The molecule has 0 atom stereocenters. The summed E-state index contributed by atoms with van der Waals surface area (Å²) in [6.07, 6.45) is 8.81. The van der Waals surface area contributed by atoms with Gasteiger partial charge in [0.05, 0.1) is 5.69 Å². The lowest BCUT2D eigenvalue weighted by atomic mass is 9.49. The normalized spacial score (nSPS) is 38.6. The van der Waals surface area contributed by atoms with Crippen LogP contribution < -0.4 is 16.4 Å². The van der Waals surface area contributed by atoms with Crippen molar-refractivity contribution >= 4 is 11.8 Å². The second-order valence-electron chi connectivity index (χ2n) is 8.84. The molecule has 6 rings (SSSR count). The summed E-state index contributed by atoms with van der Waals surface area (Å²) >= 11 is 0. The van der Waals surface area contributed by atoms with Gasteiger partial charge < -0.3 is 11.1 Å². The van der Waals surface area contributed by atoms with E-state index >= 15 is 0 Å². The molecular formula is C19H27N5O. The van der Waals surface area contributed by atoms with Crippen LogP contribution in [0.4, 0.5) is 10.6 Å². The van der Waals surface area contributed by atoms with Crippen molar-refractivity contribution in [1.82, 2.24) is 15.5 Å². The summed E-state index contributed by atoms with van der Waals surface area (Å²) in [5, 5.41) is 14.1. The number of nitrogens with two attached hydrogens (primary N) is 1. The van der Waals surface area contributed by atoms with Crippen molar-refractivity contribution in [3.05, 3.63) is 17.8 Å². The molecule has 0 unspecified atom stereocenters. The Morgan fingerprint density at radius 2 is 1.76 bits per heavy atom. The third-order valence-corrected chi connectivity index (χ3v) is 7.14. The molecular weight excluding hydrogens is 314 g/mol. The fourth-order valence-electron chi connectivity index (χ4n) is 5.75. The molecule has 2 amide bonds. The predicted molar refractivity (Wildman–Crippen MR) is 95.0 cm³/mol. The molecule has 0 aliphatic heterocycles. The van der Waals surface area contributed by atoms with E-state index in [2.05, 4.69) is 20.8 Å². The molecule has 0 radical (unpaired) electrons. The molecule has 5 saturated carbocycles. The number of urea groups is 1. The lowest BCUT2D eigenvalue weighted by molar-refractivity contribution is -0.0528. The number of nitrogens with zero attached hydrogens (tertiary/aromatic N) is 2. The quantitative estimate of drug-likeness (QED) is 0.785. The van der Waals surface area contributed by atoms with Crippen LogP contribution in [0, 0.1) is 23.7 Å². The van der Waals surface area contributed by atoms with Crippen LogP contribution in [-0.4, -0.2) is 28.3 Å². The fraction of sp³-hybridized carbons (Fsp3) is 0.737. The number of anilines is 1. The van der Waals surface area contributed by atoms with Crippen molar-refractivity contribution in [3.63, 3.8) is 0 Å². The van der Waals surface area contributed by atoms with Crippen molar-refractivity contribution in [3.8, 4) is 0 Å². The van der Waals surface area contributed by atoms with E-state index in [9.17, 15) is 4.79 Å². The summed E-state index contributed by atoms with van der Waals surface area (Å²) in [5.74, 6) is 3.98. The van der Waals surface area contributed by atoms with E-state index in [1.807, 2.05) is 12.1 Å². The van der Waals surface area contributed by atoms with Crippen LogP contribution >= 0.6 is 0 Å². The van der Waals surface area contributed by atoms with E-state index in [0.29, 0.717) is 30.1 Å². The topological polar surface area (TPSA) is 92.9 Å². The maximum Gasteiger partial charge on any atom is 0.320 e. The molecule has 0 aromatic carbocycles. The van der Waals surface area contributed by atoms with Crippen molar-refractivity contribution < 1.29 is 4.79 Å². The molecule has 134 valence electrons. The van der Waals surface area contributed by atoms with Gasteiger partial charge in [-0.1, -0.05) is 0 Å². The Kier molecular flexibility index (Phi) is 3.52. The van der Waals surface area contributed by atoms with E-state index in [-0.39, 0.29) is 11.6 Å². The molecule has 0 spiro atoms. The highest BCUT2D eigenvalue weighted by molar-refractivity contribution is 5.88. The van der Waals surface area contributed by atoms with E-state index in [1.54, 1.807) is 0 Å². The van der Waals surface area contributed by atoms with Crippen LogP contribution in [0.25, 0.3) is 0 Å². The Morgan fingerprint density at radius 1 is 1.08 bits per heavy atom. The smallest absolute Gasteiger partial charge is 0.320 e. The van der Waals surface area contributed by atoms with Gasteiger partial charge in [0.2, 0.25) is 0 Å². The molecule has 6 nitrogen and oxygen atoms in total. The van der Waals surface area contributed by atoms with E-state index in [0.717, 1.165) is 17.5 Å². The minimum absolute atomic E-state index is 0.230. The standard InChI is InChI=1S/C19H27N5O/c20-19(14-6-11-5-12(8-14)9-15(19)7-11)10-21-18(25)22-17-4-3-16(23-24-17)13-1-2-13/h3-4,11-15H,1-2,5-10,20H2,(H2,21,22,24,25). The molecule has 6 heteroatoms. The Hall–Kier alpha value is -1.69. The van der Waals surface area contributed by atoms with E-state index in [4.69, 9.17) is 5.73 Å². The molecule has 1 aromatic rings. The Morgan fingerprint density at radius 3 is 2.32 bits per heavy atom. The Labute approximate surface area is 148 Å². The molecule has 1 heterocycles. The van der Waals surface area contributed by atoms with Gasteiger partial charge in [0.1, 0.15) is 0 Å². The van der Waals surface area contributed by atoms with Crippen molar-refractivity contribution in [2.75, 3.05) is 11.9 Å². The SMILES string of the molecule is NC1(CNC(=O)Nc2ccc(C3CC3)nn2)C2CC3CC(C2)CC1C3. The zero-order valence-electron chi connectivity index (χ0n) is 14.6. The summed E-state index contributed by atoms with van der Waals surface area (Å²) in [4.78, 5) is 12.3. The maximum atomic E-state index is 12.3. The number of amides is 2. The van der Waals surface area contributed by atoms with Gasteiger partial charge in [0.25, 0.3) is 0 Å². The summed E-state index contributed by atoms with van der Waals surface area (Å²) in [5.41, 5.74) is 7.62. The Balaban J connectivity index is 1.18. The first-order valence-corrected chi connectivity index (χ1v) is 9.77. The van der Waals surface area contributed by atoms with E-state index < -0.39 is 0 Å². The van der Waals surface area contributed by atoms with Crippen LogP contribution in [0.1, 0.15) is 56.6 Å². The number of carbonyl (C=O) groups is 1. The molecule has 4 bridgehead atoms. The summed E-state index contributed by atoms with van der Waals surface area (Å²) in [6.45, 7) is 0.557. The largest absolute Gasteiger partial charge is 0.336 e. The summed E-state index contributed by atoms with van der Waals surface area (Å²) < 4.78 is 0. The lowest BCUT2D eigenvalue weighted by Gasteiger charge is -2.59. The van der Waals surface area contributed by atoms with Gasteiger partial charge in [0.15, 0.2) is 5.82 Å². The number of nitrogens with one attached hydrogen (secondary N) is 2. The highest BCUT2D eigenvalue weighted by Crippen LogP contribution is 2.57. The molecule has 5 fully saturated rings. The van der Waals surface area contributed by atoms with Gasteiger partial charge in [-0.2, -0.15) is 5.10 Å². The number of rotatable bonds is 4. The van der Waals surface area contributed by atoms with Crippen molar-refractivity contribution in [1.29, 1.82) is 0 Å². The highest BCUT2D eigenvalue weighted by Gasteiger charge is 2.55. The van der Waals surface area contributed by atoms with Crippen molar-refractivity contribution in [2.45, 2.75) is 56.4 Å². The van der Waals surface area contributed by atoms with Gasteiger partial charge >= 0.3 is 6.03 Å². The average molecular weight is 341 g/mol. The molecule has 25 heavy (non-hydrogen) atoms. The van der Waals surface area contributed by atoms with Crippen LogP contribution in [-0.2, 0) is 0 Å². The number of hydrogen-bond acceptors (Lipinski definition) is 4. The molecule has 0 saturated heterocycles.